The van der Waals surface area contributed by atoms with E-state index in [1.54, 1.807) is 0 Å². The summed E-state index contributed by atoms with van der Waals surface area (Å²) in [6.45, 7) is 7.83. The van der Waals surface area contributed by atoms with Crippen LogP contribution < -0.4 is 15.5 Å². The summed E-state index contributed by atoms with van der Waals surface area (Å²) in [6, 6.07) is 8.42. The molecule has 1 amide bonds. The number of fused-ring (bicyclic) bond motifs is 1. The van der Waals surface area contributed by atoms with Crippen molar-refractivity contribution in [2.75, 3.05) is 24.5 Å². The van der Waals surface area contributed by atoms with Crippen LogP contribution in [0.1, 0.15) is 32.8 Å². The minimum atomic E-state index is 0.0492. The van der Waals surface area contributed by atoms with Crippen LogP contribution in [0.2, 0.25) is 0 Å². The second kappa shape index (κ2) is 7.82. The summed E-state index contributed by atoms with van der Waals surface area (Å²) < 4.78 is 0. The Bertz CT molecular complexity index is 539. The summed E-state index contributed by atoms with van der Waals surface area (Å²) in [7, 11) is 0. The van der Waals surface area contributed by atoms with Crippen molar-refractivity contribution in [3.8, 4) is 0 Å². The van der Waals surface area contributed by atoms with Crippen molar-refractivity contribution >= 4 is 17.6 Å². The zero-order chi connectivity index (χ0) is 15.9. The van der Waals surface area contributed by atoms with Crippen molar-refractivity contribution in [3.05, 3.63) is 29.8 Å². The van der Waals surface area contributed by atoms with Crippen LogP contribution in [-0.2, 0) is 11.2 Å². The van der Waals surface area contributed by atoms with Gasteiger partial charge in [-0.1, -0.05) is 18.2 Å². The maximum absolute atomic E-state index is 12.5. The third-order valence-corrected chi connectivity index (χ3v) is 3.55. The summed E-state index contributed by atoms with van der Waals surface area (Å²) in [5.74, 6) is 0.740. The number of anilines is 1. The molecule has 5 heteroatoms. The normalized spacial score (nSPS) is 14.7. The van der Waals surface area contributed by atoms with Gasteiger partial charge in [-0.3, -0.25) is 4.79 Å². The highest BCUT2D eigenvalue weighted by Crippen LogP contribution is 2.26. The maximum Gasteiger partial charge on any atom is 0.248 e. The number of nitrogens with zero attached hydrogens (tertiary/aromatic N) is 2. The standard InChI is InChI=1S/C17H26N4O/c1-4-18-17(20-13(2)3)19-12-16(22)21-11-7-9-14-8-5-6-10-15(14)21/h5-6,8,10,13H,4,7,9,11-12H2,1-3H3,(H2,18,19,20). The van der Waals surface area contributed by atoms with E-state index in [-0.39, 0.29) is 18.5 Å². The lowest BCUT2D eigenvalue weighted by Crippen LogP contribution is -2.42. The monoisotopic (exact) mass is 302 g/mol. The van der Waals surface area contributed by atoms with Crippen molar-refractivity contribution in [1.82, 2.24) is 10.6 Å². The van der Waals surface area contributed by atoms with Crippen molar-refractivity contribution < 1.29 is 4.79 Å². The molecule has 2 N–H and O–H groups in total. The summed E-state index contributed by atoms with van der Waals surface area (Å²) in [5.41, 5.74) is 2.29. The predicted octanol–water partition coefficient (Wildman–Crippen LogP) is 1.93. The zero-order valence-electron chi connectivity index (χ0n) is 13.7. The average molecular weight is 302 g/mol. The molecule has 0 saturated carbocycles. The average Bonchev–Trinajstić information content (AvgIpc) is 2.51. The second-order valence-corrected chi connectivity index (χ2v) is 5.77. The number of aryl methyl sites for hydroxylation is 1. The molecular formula is C17H26N4O. The number of rotatable bonds is 4. The first-order valence-corrected chi connectivity index (χ1v) is 8.05. The highest BCUT2D eigenvalue weighted by molar-refractivity contribution is 5.97. The van der Waals surface area contributed by atoms with Crippen molar-refractivity contribution in [2.45, 2.75) is 39.7 Å². The third-order valence-electron chi connectivity index (χ3n) is 3.55. The molecule has 0 fully saturated rings. The van der Waals surface area contributed by atoms with E-state index in [4.69, 9.17) is 0 Å². The number of nitrogens with one attached hydrogen (secondary N) is 2. The van der Waals surface area contributed by atoms with Gasteiger partial charge in [-0.05, 0) is 45.2 Å². The van der Waals surface area contributed by atoms with Gasteiger partial charge in [0, 0.05) is 24.8 Å². The van der Waals surface area contributed by atoms with Gasteiger partial charge in [0.1, 0.15) is 6.54 Å². The number of hydrogen-bond acceptors (Lipinski definition) is 2. The smallest absolute Gasteiger partial charge is 0.248 e. The molecule has 1 aliphatic heterocycles. The summed E-state index contributed by atoms with van der Waals surface area (Å²) in [6.07, 6.45) is 2.05. The van der Waals surface area contributed by atoms with Gasteiger partial charge in [0.25, 0.3) is 0 Å². The SMILES string of the molecule is CCNC(=NCC(=O)N1CCCc2ccccc21)NC(C)C. The van der Waals surface area contributed by atoms with E-state index in [1.165, 1.54) is 5.56 Å². The van der Waals surface area contributed by atoms with Gasteiger partial charge in [0.05, 0.1) is 0 Å². The lowest BCUT2D eigenvalue weighted by Gasteiger charge is -2.29. The number of benzene rings is 1. The molecule has 0 spiro atoms. The van der Waals surface area contributed by atoms with E-state index in [0.29, 0.717) is 5.96 Å². The van der Waals surface area contributed by atoms with E-state index in [2.05, 4.69) is 35.5 Å². The molecule has 120 valence electrons. The lowest BCUT2D eigenvalue weighted by molar-refractivity contribution is -0.117. The van der Waals surface area contributed by atoms with E-state index in [1.807, 2.05) is 30.0 Å². The fraction of sp³-hybridized carbons (Fsp3) is 0.529. The molecule has 1 heterocycles. The van der Waals surface area contributed by atoms with Crippen LogP contribution in [0.25, 0.3) is 0 Å². The van der Waals surface area contributed by atoms with Crippen LogP contribution in [0.4, 0.5) is 5.69 Å². The topological polar surface area (TPSA) is 56.7 Å². The van der Waals surface area contributed by atoms with E-state index in [0.717, 1.165) is 31.6 Å². The quantitative estimate of drug-likeness (QED) is 0.660. The molecular weight excluding hydrogens is 276 g/mol. The molecule has 1 aliphatic rings. The Morgan fingerprint density at radius 1 is 1.36 bits per heavy atom. The highest BCUT2D eigenvalue weighted by Gasteiger charge is 2.21. The van der Waals surface area contributed by atoms with E-state index in [9.17, 15) is 4.79 Å². The molecule has 0 saturated heterocycles. The first kappa shape index (κ1) is 16.3. The van der Waals surface area contributed by atoms with Crippen molar-refractivity contribution in [1.29, 1.82) is 0 Å². The van der Waals surface area contributed by atoms with Crippen LogP contribution in [-0.4, -0.2) is 37.5 Å². The molecule has 1 aromatic carbocycles. The first-order chi connectivity index (χ1) is 10.6. The largest absolute Gasteiger partial charge is 0.357 e. The fourth-order valence-corrected chi connectivity index (χ4v) is 2.62. The number of aliphatic imine (C=N–C) groups is 1. The number of guanidine groups is 1. The number of carbonyl (C=O) groups is 1. The molecule has 5 nitrogen and oxygen atoms in total. The molecule has 0 aliphatic carbocycles. The predicted molar refractivity (Wildman–Crippen MR) is 91.4 cm³/mol. The Hall–Kier alpha value is -2.04. The third kappa shape index (κ3) is 4.23. The van der Waals surface area contributed by atoms with Crippen molar-refractivity contribution in [2.24, 2.45) is 4.99 Å². The van der Waals surface area contributed by atoms with E-state index < -0.39 is 0 Å². The Labute approximate surface area is 132 Å². The van der Waals surface area contributed by atoms with E-state index >= 15 is 0 Å². The molecule has 0 atom stereocenters. The summed E-state index contributed by atoms with van der Waals surface area (Å²) in [4.78, 5) is 18.8. The van der Waals surface area contributed by atoms with Crippen molar-refractivity contribution in [3.63, 3.8) is 0 Å². The van der Waals surface area contributed by atoms with Gasteiger partial charge in [0.15, 0.2) is 5.96 Å². The molecule has 0 aromatic heterocycles. The van der Waals surface area contributed by atoms with Crippen LogP contribution in [0.15, 0.2) is 29.3 Å². The first-order valence-electron chi connectivity index (χ1n) is 8.05. The number of carbonyl (C=O) groups excluding carboxylic acids is 1. The Kier molecular flexibility index (Phi) is 5.81. The molecule has 2 rings (SSSR count). The number of hydrogen-bond donors (Lipinski definition) is 2. The van der Waals surface area contributed by atoms with Gasteiger partial charge >= 0.3 is 0 Å². The van der Waals surface area contributed by atoms with Gasteiger partial charge in [-0.15, -0.1) is 0 Å². The lowest BCUT2D eigenvalue weighted by atomic mass is 10.0. The molecule has 1 aromatic rings. The molecule has 22 heavy (non-hydrogen) atoms. The summed E-state index contributed by atoms with van der Waals surface area (Å²) >= 11 is 0. The second-order valence-electron chi connectivity index (χ2n) is 5.77. The molecule has 0 radical (unpaired) electrons. The Morgan fingerprint density at radius 2 is 2.14 bits per heavy atom. The van der Waals surface area contributed by atoms with Gasteiger partial charge in [0.2, 0.25) is 5.91 Å². The van der Waals surface area contributed by atoms with Crippen LogP contribution in [0.5, 0.6) is 0 Å². The van der Waals surface area contributed by atoms with Crippen LogP contribution in [0.3, 0.4) is 0 Å². The minimum Gasteiger partial charge on any atom is -0.357 e. The number of para-hydroxylation sites is 1. The fourth-order valence-electron chi connectivity index (χ4n) is 2.62. The van der Waals surface area contributed by atoms with Crippen LogP contribution >= 0.6 is 0 Å². The number of amides is 1. The highest BCUT2D eigenvalue weighted by atomic mass is 16.2. The minimum absolute atomic E-state index is 0.0492. The van der Waals surface area contributed by atoms with Crippen LogP contribution in [0, 0.1) is 0 Å². The summed E-state index contributed by atoms with van der Waals surface area (Å²) in [5, 5.41) is 6.39. The van der Waals surface area contributed by atoms with Gasteiger partial charge in [-0.2, -0.15) is 0 Å². The zero-order valence-corrected chi connectivity index (χ0v) is 13.7. The van der Waals surface area contributed by atoms with Gasteiger partial charge < -0.3 is 15.5 Å². The Morgan fingerprint density at radius 3 is 2.86 bits per heavy atom. The maximum atomic E-state index is 12.5. The molecule has 0 bridgehead atoms. The Balaban J connectivity index is 2.06. The van der Waals surface area contributed by atoms with Gasteiger partial charge in [-0.25, -0.2) is 4.99 Å². The molecule has 0 unspecified atom stereocenters.